The summed E-state index contributed by atoms with van der Waals surface area (Å²) in [5.74, 6) is 1.61. The van der Waals surface area contributed by atoms with Crippen LogP contribution in [0.15, 0.2) is 54.6 Å². The van der Waals surface area contributed by atoms with Gasteiger partial charge in [0.15, 0.2) is 8.32 Å². The minimum Gasteiger partial charge on any atom is -0.497 e. The predicted molar refractivity (Wildman–Crippen MR) is 223 cm³/mol. The fourth-order valence-electron chi connectivity index (χ4n) is 7.25. The molecule has 2 aromatic rings. The van der Waals surface area contributed by atoms with Crippen molar-refractivity contribution in [3.8, 4) is 5.75 Å². The van der Waals surface area contributed by atoms with Crippen molar-refractivity contribution < 1.29 is 27.9 Å². The first-order chi connectivity index (χ1) is 24.3. The van der Waals surface area contributed by atoms with Gasteiger partial charge in [0.1, 0.15) is 11.5 Å². The highest BCUT2D eigenvalue weighted by atomic mass is 28.4. The third kappa shape index (κ3) is 14.4. The summed E-state index contributed by atoms with van der Waals surface area (Å²) in [4.78, 5) is 13.5. The molecule has 0 heterocycles. The standard InChI is InChI=1S/C44H76O6Si2/c1-33(2)52(34(3)4,35(5)6)50-42(28-29-47-30-38-18-16-15-17-19-38)36(7)20-24-40(45)25-21-37(8)43(49-51(13,14)44(9,10)11)32-48-31-39-22-26-41(46-12)27-23-39/h15-19,22-23,26-27,33-37,42-43H,20-21,24-25,28-32H2,1-14H3/t36-,37+,42+,43+/m0/s1. The number of carbonyl (C=O) groups is 1. The monoisotopic (exact) mass is 757 g/mol. The van der Waals surface area contributed by atoms with E-state index in [0.717, 1.165) is 30.6 Å². The molecule has 296 valence electrons. The molecule has 6 nitrogen and oxygen atoms in total. The number of carbonyl (C=O) groups excluding carboxylic acids is 1. The predicted octanol–water partition coefficient (Wildman–Crippen LogP) is 12.2. The maximum atomic E-state index is 13.5. The summed E-state index contributed by atoms with van der Waals surface area (Å²) in [6.07, 6.45) is 3.56. The van der Waals surface area contributed by atoms with Crippen LogP contribution in [-0.4, -0.2) is 54.9 Å². The molecule has 0 amide bonds. The van der Waals surface area contributed by atoms with E-state index in [1.165, 1.54) is 5.56 Å². The molecule has 0 aromatic heterocycles. The highest BCUT2D eigenvalue weighted by molar-refractivity contribution is 6.77. The number of hydrogen-bond acceptors (Lipinski definition) is 6. The minimum absolute atomic E-state index is 0.0617. The second kappa shape index (κ2) is 21.9. The van der Waals surface area contributed by atoms with Crippen LogP contribution in [0.5, 0.6) is 5.75 Å². The van der Waals surface area contributed by atoms with Gasteiger partial charge in [0.25, 0.3) is 0 Å². The second-order valence-corrected chi connectivity index (χ2v) is 27.8. The highest BCUT2D eigenvalue weighted by Crippen LogP contribution is 2.44. The summed E-state index contributed by atoms with van der Waals surface area (Å²) in [7, 11) is -2.49. The van der Waals surface area contributed by atoms with Crippen molar-refractivity contribution in [2.75, 3.05) is 20.3 Å². The molecule has 0 saturated heterocycles. The van der Waals surface area contributed by atoms with Crippen LogP contribution in [0.4, 0.5) is 0 Å². The Bertz CT molecular complexity index is 1250. The zero-order valence-corrected chi connectivity index (χ0v) is 37.6. The number of methoxy groups -OCH3 is 1. The van der Waals surface area contributed by atoms with Crippen molar-refractivity contribution in [1.82, 2.24) is 0 Å². The van der Waals surface area contributed by atoms with Crippen molar-refractivity contribution >= 4 is 22.4 Å². The molecule has 2 rings (SSSR count). The maximum Gasteiger partial charge on any atom is 0.200 e. The summed E-state index contributed by atoms with van der Waals surface area (Å²) < 4.78 is 32.0. The molecule has 0 radical (unpaired) electrons. The molecule has 0 bridgehead atoms. The van der Waals surface area contributed by atoms with E-state index < -0.39 is 16.6 Å². The summed E-state index contributed by atoms with van der Waals surface area (Å²) in [5, 5.41) is 0.0826. The Morgan fingerprint density at radius 3 is 1.65 bits per heavy atom. The Morgan fingerprint density at radius 2 is 1.15 bits per heavy atom. The van der Waals surface area contributed by atoms with Crippen LogP contribution < -0.4 is 4.74 Å². The molecule has 52 heavy (non-hydrogen) atoms. The van der Waals surface area contributed by atoms with Gasteiger partial charge in [-0.25, -0.2) is 0 Å². The normalized spacial score (nSPS) is 15.2. The summed E-state index contributed by atoms with van der Waals surface area (Å²) in [6, 6.07) is 18.3. The van der Waals surface area contributed by atoms with E-state index in [2.05, 4.69) is 114 Å². The number of benzene rings is 2. The number of ether oxygens (including phenoxy) is 3. The zero-order valence-electron chi connectivity index (χ0n) is 35.6. The Kier molecular flexibility index (Phi) is 19.5. The molecule has 0 spiro atoms. The Balaban J connectivity index is 2.06. The Morgan fingerprint density at radius 1 is 0.654 bits per heavy atom. The lowest BCUT2D eigenvalue weighted by atomic mass is 9.92. The molecular formula is C44H76O6Si2. The van der Waals surface area contributed by atoms with Crippen molar-refractivity contribution in [3.05, 3.63) is 65.7 Å². The van der Waals surface area contributed by atoms with Crippen LogP contribution in [0, 0.1) is 11.8 Å². The lowest BCUT2D eigenvalue weighted by Crippen LogP contribution is -2.51. The Hall–Kier alpha value is -1.82. The molecule has 4 atom stereocenters. The molecule has 0 saturated carbocycles. The highest BCUT2D eigenvalue weighted by Gasteiger charge is 2.47. The molecule has 0 unspecified atom stereocenters. The molecule has 0 aliphatic heterocycles. The summed E-state index contributed by atoms with van der Waals surface area (Å²) in [6.45, 7) is 32.2. The Labute approximate surface area is 321 Å². The van der Waals surface area contributed by atoms with Crippen LogP contribution in [-0.2, 0) is 36.3 Å². The zero-order chi connectivity index (χ0) is 39.1. The largest absolute Gasteiger partial charge is 0.497 e. The smallest absolute Gasteiger partial charge is 0.200 e. The van der Waals surface area contributed by atoms with Crippen LogP contribution in [0.3, 0.4) is 0 Å². The number of ketones is 1. The summed E-state index contributed by atoms with van der Waals surface area (Å²) in [5.41, 5.74) is 3.78. The maximum absolute atomic E-state index is 13.5. The van der Waals surface area contributed by atoms with Gasteiger partial charge < -0.3 is 23.1 Å². The quantitative estimate of drug-likeness (QED) is 0.0742. The average molecular weight is 757 g/mol. The van der Waals surface area contributed by atoms with Gasteiger partial charge in [-0.2, -0.15) is 0 Å². The average Bonchev–Trinajstić information content (AvgIpc) is 3.08. The molecule has 8 heteroatoms. The first-order valence-corrected chi connectivity index (χ1v) is 25.1. The van der Waals surface area contributed by atoms with Gasteiger partial charge in [0.05, 0.1) is 33.0 Å². The van der Waals surface area contributed by atoms with E-state index in [1.54, 1.807) is 7.11 Å². The lowest BCUT2D eigenvalue weighted by Gasteiger charge is -2.46. The van der Waals surface area contributed by atoms with E-state index >= 15 is 0 Å². The van der Waals surface area contributed by atoms with E-state index in [1.807, 2.05) is 30.3 Å². The van der Waals surface area contributed by atoms with Gasteiger partial charge in [0.2, 0.25) is 8.32 Å². The van der Waals surface area contributed by atoms with Gasteiger partial charge in [-0.05, 0) is 89.1 Å². The number of rotatable bonds is 25. The fourth-order valence-corrected chi connectivity index (χ4v) is 14.4. The van der Waals surface area contributed by atoms with E-state index in [-0.39, 0.29) is 29.1 Å². The third-order valence-corrected chi connectivity index (χ3v) is 22.3. The van der Waals surface area contributed by atoms with Crippen molar-refractivity contribution in [2.24, 2.45) is 11.8 Å². The van der Waals surface area contributed by atoms with Gasteiger partial charge in [-0.3, -0.25) is 4.79 Å². The van der Waals surface area contributed by atoms with Crippen molar-refractivity contribution in [2.45, 2.75) is 168 Å². The topological polar surface area (TPSA) is 63.2 Å². The molecule has 2 aromatic carbocycles. The van der Waals surface area contributed by atoms with Crippen molar-refractivity contribution in [3.63, 3.8) is 0 Å². The number of hydrogen-bond donors (Lipinski definition) is 0. The van der Waals surface area contributed by atoms with Crippen molar-refractivity contribution in [1.29, 1.82) is 0 Å². The molecule has 0 N–H and O–H groups in total. The van der Waals surface area contributed by atoms with Gasteiger partial charge in [-0.15, -0.1) is 0 Å². The van der Waals surface area contributed by atoms with Gasteiger partial charge in [0, 0.05) is 25.6 Å². The van der Waals surface area contributed by atoms with Crippen LogP contribution in [0.25, 0.3) is 0 Å². The third-order valence-electron chi connectivity index (χ3n) is 11.7. The summed E-state index contributed by atoms with van der Waals surface area (Å²) >= 11 is 0. The molecule has 0 fully saturated rings. The van der Waals surface area contributed by atoms with Crippen LogP contribution in [0.2, 0.25) is 34.8 Å². The fraction of sp³-hybridized carbons (Fsp3) is 0.705. The molecular weight excluding hydrogens is 681 g/mol. The second-order valence-electron chi connectivity index (χ2n) is 17.7. The number of Topliss-reactive ketones (excluding diaryl/α,β-unsaturated/α-hetero) is 1. The van der Waals surface area contributed by atoms with Gasteiger partial charge in [-0.1, -0.05) is 119 Å². The SMILES string of the molecule is COc1ccc(COC[C@@H](O[Si](C)(C)C(C)(C)C)[C@H](C)CCC(=O)CC[C@H](C)[C@@H](CCOCc2ccccc2)O[Si](C(C)C)(C(C)C)C(C)C)cc1. The van der Waals surface area contributed by atoms with E-state index in [0.29, 0.717) is 61.7 Å². The first-order valence-electron chi connectivity index (χ1n) is 20.0. The minimum atomic E-state index is -2.12. The van der Waals surface area contributed by atoms with Gasteiger partial charge >= 0.3 is 0 Å². The first kappa shape index (κ1) is 46.3. The van der Waals surface area contributed by atoms with Crippen LogP contribution >= 0.6 is 0 Å². The molecule has 0 aliphatic rings. The van der Waals surface area contributed by atoms with E-state index in [4.69, 9.17) is 23.1 Å². The van der Waals surface area contributed by atoms with Crippen LogP contribution in [0.1, 0.15) is 119 Å². The lowest BCUT2D eigenvalue weighted by molar-refractivity contribution is -0.120. The van der Waals surface area contributed by atoms with E-state index in [9.17, 15) is 4.79 Å². The molecule has 0 aliphatic carbocycles.